The Bertz CT molecular complexity index is 441. The summed E-state index contributed by atoms with van der Waals surface area (Å²) in [6.45, 7) is 3.32. The van der Waals surface area contributed by atoms with Gasteiger partial charge in [0.05, 0.1) is 13.5 Å². The second-order valence-corrected chi connectivity index (χ2v) is 4.82. The lowest BCUT2D eigenvalue weighted by molar-refractivity contribution is -0.141. The summed E-state index contributed by atoms with van der Waals surface area (Å²) in [5.74, 6) is -2.31. The molecule has 18 heavy (non-hydrogen) atoms. The molecular formula is C13H17F2NO2. The zero-order chi connectivity index (χ0) is 13.9. The van der Waals surface area contributed by atoms with Crippen molar-refractivity contribution in [2.75, 3.05) is 7.11 Å². The summed E-state index contributed by atoms with van der Waals surface area (Å²) in [4.78, 5) is 11.3. The lowest BCUT2D eigenvalue weighted by atomic mass is 9.80. The van der Waals surface area contributed by atoms with E-state index in [1.165, 1.54) is 7.11 Å². The van der Waals surface area contributed by atoms with E-state index >= 15 is 0 Å². The highest BCUT2D eigenvalue weighted by atomic mass is 19.1. The topological polar surface area (TPSA) is 52.3 Å². The van der Waals surface area contributed by atoms with E-state index in [1.54, 1.807) is 13.8 Å². The summed E-state index contributed by atoms with van der Waals surface area (Å²) >= 11 is 0. The molecule has 0 saturated heterocycles. The van der Waals surface area contributed by atoms with Crippen LogP contribution in [0, 0.1) is 11.6 Å². The van der Waals surface area contributed by atoms with Gasteiger partial charge in [-0.25, -0.2) is 8.78 Å². The first-order chi connectivity index (χ1) is 8.25. The molecule has 0 fully saturated rings. The van der Waals surface area contributed by atoms with Gasteiger partial charge < -0.3 is 10.5 Å². The largest absolute Gasteiger partial charge is 0.469 e. The fourth-order valence-electron chi connectivity index (χ4n) is 1.81. The lowest BCUT2D eigenvalue weighted by Gasteiger charge is -2.30. The third kappa shape index (κ3) is 3.50. The predicted octanol–water partition coefficient (Wildman–Crippen LogP) is 2.35. The van der Waals surface area contributed by atoms with Crippen molar-refractivity contribution in [3.8, 4) is 0 Å². The third-order valence-electron chi connectivity index (χ3n) is 2.83. The first kappa shape index (κ1) is 14.6. The van der Waals surface area contributed by atoms with Gasteiger partial charge in [-0.05, 0) is 37.6 Å². The number of carbonyl (C=O) groups excluding carboxylic acids is 1. The maximum Gasteiger partial charge on any atom is 0.306 e. The van der Waals surface area contributed by atoms with Crippen LogP contribution in [-0.4, -0.2) is 18.6 Å². The first-order valence-electron chi connectivity index (χ1n) is 5.56. The summed E-state index contributed by atoms with van der Waals surface area (Å²) in [7, 11) is 1.24. The van der Waals surface area contributed by atoms with Crippen LogP contribution in [-0.2, 0) is 9.53 Å². The van der Waals surface area contributed by atoms with Crippen LogP contribution in [0.3, 0.4) is 0 Å². The molecular weight excluding hydrogens is 240 g/mol. The van der Waals surface area contributed by atoms with E-state index in [1.807, 2.05) is 0 Å². The van der Waals surface area contributed by atoms with Crippen molar-refractivity contribution in [3.05, 3.63) is 35.4 Å². The van der Waals surface area contributed by atoms with Gasteiger partial charge in [0.2, 0.25) is 0 Å². The summed E-state index contributed by atoms with van der Waals surface area (Å²) in [6, 6.07) is 3.12. The van der Waals surface area contributed by atoms with Crippen LogP contribution in [0.2, 0.25) is 0 Å². The Morgan fingerprint density at radius 1 is 1.44 bits per heavy atom. The van der Waals surface area contributed by atoms with Crippen LogP contribution in [0.25, 0.3) is 0 Å². The van der Waals surface area contributed by atoms with Crippen LogP contribution in [0.5, 0.6) is 0 Å². The zero-order valence-electron chi connectivity index (χ0n) is 10.7. The van der Waals surface area contributed by atoms with E-state index in [9.17, 15) is 13.6 Å². The summed E-state index contributed by atoms with van der Waals surface area (Å²) < 4.78 is 31.5. The Morgan fingerprint density at radius 2 is 2.06 bits per heavy atom. The van der Waals surface area contributed by atoms with Gasteiger partial charge in [0.15, 0.2) is 0 Å². The van der Waals surface area contributed by atoms with Crippen LogP contribution >= 0.6 is 0 Å². The van der Waals surface area contributed by atoms with Crippen molar-refractivity contribution in [2.45, 2.75) is 31.7 Å². The minimum absolute atomic E-state index is 0.0906. The highest BCUT2D eigenvalue weighted by Crippen LogP contribution is 2.32. The molecule has 0 radical (unpaired) electrons. The molecule has 1 aromatic rings. The quantitative estimate of drug-likeness (QED) is 0.842. The van der Waals surface area contributed by atoms with E-state index in [0.717, 1.165) is 18.2 Å². The highest BCUT2D eigenvalue weighted by Gasteiger charge is 2.31. The molecule has 0 amide bonds. The molecule has 0 heterocycles. The molecule has 0 bridgehead atoms. The summed E-state index contributed by atoms with van der Waals surface area (Å²) in [5.41, 5.74) is 5.16. The van der Waals surface area contributed by atoms with Crippen LogP contribution in [0.1, 0.15) is 31.7 Å². The number of benzene rings is 1. The van der Waals surface area contributed by atoms with E-state index in [2.05, 4.69) is 4.74 Å². The van der Waals surface area contributed by atoms with Crippen molar-refractivity contribution >= 4 is 5.97 Å². The van der Waals surface area contributed by atoms with Gasteiger partial charge in [-0.15, -0.1) is 0 Å². The number of esters is 1. The fourth-order valence-corrected chi connectivity index (χ4v) is 1.81. The number of hydrogen-bond acceptors (Lipinski definition) is 3. The monoisotopic (exact) mass is 257 g/mol. The molecule has 0 aliphatic carbocycles. The van der Waals surface area contributed by atoms with Gasteiger partial charge in [-0.3, -0.25) is 4.79 Å². The highest BCUT2D eigenvalue weighted by molar-refractivity contribution is 5.70. The van der Waals surface area contributed by atoms with Gasteiger partial charge in [0.1, 0.15) is 11.6 Å². The van der Waals surface area contributed by atoms with Crippen molar-refractivity contribution < 1.29 is 18.3 Å². The average Bonchev–Trinajstić information content (AvgIpc) is 2.27. The molecule has 0 spiro atoms. The first-order valence-corrected chi connectivity index (χ1v) is 5.56. The molecule has 3 nitrogen and oxygen atoms in total. The zero-order valence-corrected chi connectivity index (χ0v) is 10.7. The molecule has 0 aliphatic rings. The number of carbonyl (C=O) groups is 1. The van der Waals surface area contributed by atoms with Crippen molar-refractivity contribution in [1.29, 1.82) is 0 Å². The Kier molecular flexibility index (Phi) is 4.40. The second kappa shape index (κ2) is 5.44. The van der Waals surface area contributed by atoms with Gasteiger partial charge in [0.25, 0.3) is 0 Å². The minimum Gasteiger partial charge on any atom is -0.469 e. The van der Waals surface area contributed by atoms with Crippen LogP contribution in [0.4, 0.5) is 8.78 Å². The Labute approximate surface area is 105 Å². The van der Waals surface area contributed by atoms with Gasteiger partial charge in [-0.1, -0.05) is 0 Å². The Morgan fingerprint density at radius 3 is 2.56 bits per heavy atom. The normalized spacial score (nSPS) is 13.2. The van der Waals surface area contributed by atoms with Crippen LogP contribution < -0.4 is 5.73 Å². The van der Waals surface area contributed by atoms with E-state index in [4.69, 9.17) is 5.73 Å². The average molecular weight is 257 g/mol. The molecule has 2 N–H and O–H groups in total. The third-order valence-corrected chi connectivity index (χ3v) is 2.83. The maximum absolute atomic E-state index is 13.7. The molecule has 5 heteroatoms. The van der Waals surface area contributed by atoms with E-state index in [-0.39, 0.29) is 12.0 Å². The van der Waals surface area contributed by atoms with E-state index in [0.29, 0.717) is 0 Å². The van der Waals surface area contributed by atoms with Gasteiger partial charge in [-0.2, -0.15) is 0 Å². The number of hydrogen-bond donors (Lipinski definition) is 1. The van der Waals surface area contributed by atoms with E-state index < -0.39 is 29.1 Å². The molecule has 0 aromatic heterocycles. The predicted molar refractivity (Wildman–Crippen MR) is 64.0 cm³/mol. The van der Waals surface area contributed by atoms with Crippen LogP contribution in [0.15, 0.2) is 18.2 Å². The minimum atomic E-state index is -0.872. The number of rotatable bonds is 4. The fraction of sp³-hybridized carbons (Fsp3) is 0.462. The van der Waals surface area contributed by atoms with Gasteiger partial charge in [0, 0.05) is 11.5 Å². The molecule has 100 valence electrons. The molecule has 0 saturated carbocycles. The van der Waals surface area contributed by atoms with Gasteiger partial charge >= 0.3 is 5.97 Å². The molecule has 0 aliphatic heterocycles. The lowest BCUT2D eigenvalue weighted by Crippen LogP contribution is -2.41. The Hall–Kier alpha value is -1.49. The summed E-state index contributed by atoms with van der Waals surface area (Å²) in [5, 5.41) is 0. The number of halogens is 2. The molecule has 1 atom stereocenters. The Balaban J connectivity index is 3.17. The molecule has 1 unspecified atom stereocenters. The summed E-state index contributed by atoms with van der Waals surface area (Å²) in [6.07, 6.45) is -0.0969. The number of ether oxygens (including phenoxy) is 1. The maximum atomic E-state index is 13.7. The smallest absolute Gasteiger partial charge is 0.306 e. The standard InChI is InChI=1S/C13H17F2NO2/c1-13(2,16)10(7-12(17)18-3)9-6-8(14)4-5-11(9)15/h4-6,10H,7,16H2,1-3H3. The number of nitrogens with two attached hydrogens (primary N) is 1. The second-order valence-electron chi connectivity index (χ2n) is 4.82. The molecule has 1 rings (SSSR count). The molecule has 1 aromatic carbocycles. The van der Waals surface area contributed by atoms with Crippen molar-refractivity contribution in [2.24, 2.45) is 5.73 Å². The SMILES string of the molecule is COC(=O)CC(c1cc(F)ccc1F)C(C)(C)N. The van der Waals surface area contributed by atoms with Crippen molar-refractivity contribution in [3.63, 3.8) is 0 Å². The van der Waals surface area contributed by atoms with Crippen molar-refractivity contribution in [1.82, 2.24) is 0 Å². The number of methoxy groups -OCH3 is 1.